The van der Waals surface area contributed by atoms with Gasteiger partial charge in [0, 0.05) is 36.2 Å². The van der Waals surface area contributed by atoms with Gasteiger partial charge >= 0.3 is 0 Å². The van der Waals surface area contributed by atoms with Gasteiger partial charge in [0.25, 0.3) is 0 Å². The molecule has 1 N–H and O–H groups in total. The van der Waals surface area contributed by atoms with E-state index in [0.717, 1.165) is 24.7 Å². The fourth-order valence-electron chi connectivity index (χ4n) is 2.79. The van der Waals surface area contributed by atoms with Gasteiger partial charge in [-0.15, -0.1) is 0 Å². The Labute approximate surface area is 111 Å². The molecular formula is C14H27ClN2. The Kier molecular flexibility index (Phi) is 5.49. The first-order chi connectivity index (χ1) is 7.94. The van der Waals surface area contributed by atoms with E-state index in [-0.39, 0.29) is 5.54 Å². The van der Waals surface area contributed by atoms with Gasteiger partial charge in [0.05, 0.1) is 0 Å². The zero-order valence-corrected chi connectivity index (χ0v) is 12.5. The summed E-state index contributed by atoms with van der Waals surface area (Å²) in [6, 6.07) is 0.566. The van der Waals surface area contributed by atoms with Crippen molar-refractivity contribution in [3.05, 3.63) is 11.6 Å². The Bertz CT molecular complexity index is 259. The molecule has 0 aliphatic carbocycles. The molecule has 0 aromatic heterocycles. The lowest BCUT2D eigenvalue weighted by molar-refractivity contribution is 0.0594. The van der Waals surface area contributed by atoms with E-state index < -0.39 is 0 Å². The highest BCUT2D eigenvalue weighted by Gasteiger charge is 2.37. The van der Waals surface area contributed by atoms with Crippen LogP contribution in [0.15, 0.2) is 11.6 Å². The van der Waals surface area contributed by atoms with Crippen molar-refractivity contribution >= 4 is 11.6 Å². The highest BCUT2D eigenvalue weighted by atomic mass is 35.5. The molecule has 1 unspecified atom stereocenters. The highest BCUT2D eigenvalue weighted by Crippen LogP contribution is 2.26. The molecule has 2 nitrogen and oxygen atoms in total. The summed E-state index contributed by atoms with van der Waals surface area (Å²) < 4.78 is 0. The van der Waals surface area contributed by atoms with Gasteiger partial charge in [-0.2, -0.15) is 0 Å². The third-order valence-corrected chi connectivity index (χ3v) is 4.28. The molecule has 1 aliphatic rings. The number of piperazine rings is 1. The number of rotatable bonds is 5. The van der Waals surface area contributed by atoms with Crippen molar-refractivity contribution in [2.24, 2.45) is 5.92 Å². The molecule has 1 saturated heterocycles. The van der Waals surface area contributed by atoms with Gasteiger partial charge < -0.3 is 5.32 Å². The largest absolute Gasteiger partial charge is 0.308 e. The minimum Gasteiger partial charge on any atom is -0.308 e. The molecule has 0 amide bonds. The minimum absolute atomic E-state index is 0.262. The molecule has 1 heterocycles. The second-order valence-electron chi connectivity index (χ2n) is 5.60. The van der Waals surface area contributed by atoms with Crippen LogP contribution in [0.1, 0.15) is 40.5 Å². The van der Waals surface area contributed by atoms with E-state index in [9.17, 15) is 0 Å². The second-order valence-corrected chi connectivity index (χ2v) is 6.14. The summed E-state index contributed by atoms with van der Waals surface area (Å²) in [5, 5.41) is 4.50. The molecule has 0 bridgehead atoms. The summed E-state index contributed by atoms with van der Waals surface area (Å²) in [5.41, 5.74) is 0.262. The van der Waals surface area contributed by atoms with E-state index in [1.165, 1.54) is 12.8 Å². The first-order valence-electron chi connectivity index (χ1n) is 6.76. The van der Waals surface area contributed by atoms with Crippen molar-refractivity contribution in [2.75, 3.05) is 19.6 Å². The average molecular weight is 259 g/mol. The Morgan fingerprint density at radius 1 is 1.47 bits per heavy atom. The molecular weight excluding hydrogens is 232 g/mol. The third kappa shape index (κ3) is 3.70. The van der Waals surface area contributed by atoms with E-state index in [1.54, 1.807) is 0 Å². The summed E-state index contributed by atoms with van der Waals surface area (Å²) in [7, 11) is 0. The van der Waals surface area contributed by atoms with Gasteiger partial charge in [0.1, 0.15) is 0 Å². The fourth-order valence-corrected chi connectivity index (χ4v) is 2.94. The Balaban J connectivity index is 2.79. The Morgan fingerprint density at radius 3 is 2.47 bits per heavy atom. The lowest BCUT2D eigenvalue weighted by Crippen LogP contribution is -2.65. The number of halogens is 1. The van der Waals surface area contributed by atoms with Gasteiger partial charge in [-0.3, -0.25) is 4.90 Å². The smallest absolute Gasteiger partial charge is 0.0340 e. The molecule has 0 saturated carbocycles. The Hall–Kier alpha value is -0.0500. The van der Waals surface area contributed by atoms with Crippen molar-refractivity contribution in [3.8, 4) is 0 Å². The SMILES string of the molecule is C=C(Cl)CN1CC(CC)(CC)NCC1C(C)C. The van der Waals surface area contributed by atoms with Gasteiger partial charge in [-0.25, -0.2) is 0 Å². The van der Waals surface area contributed by atoms with Crippen LogP contribution in [0.5, 0.6) is 0 Å². The number of hydrogen-bond acceptors (Lipinski definition) is 2. The molecule has 0 radical (unpaired) electrons. The summed E-state index contributed by atoms with van der Waals surface area (Å²) in [6.45, 7) is 15.9. The number of nitrogens with zero attached hydrogens (tertiary/aromatic N) is 1. The average Bonchev–Trinajstić information content (AvgIpc) is 2.27. The molecule has 17 heavy (non-hydrogen) atoms. The normalized spacial score (nSPS) is 25.2. The van der Waals surface area contributed by atoms with Crippen LogP contribution in [-0.2, 0) is 0 Å². The van der Waals surface area contributed by atoms with Crippen LogP contribution in [0.2, 0.25) is 0 Å². The van der Waals surface area contributed by atoms with Crippen LogP contribution in [0, 0.1) is 5.92 Å². The van der Waals surface area contributed by atoms with E-state index >= 15 is 0 Å². The van der Waals surface area contributed by atoms with Crippen molar-refractivity contribution in [1.29, 1.82) is 0 Å². The van der Waals surface area contributed by atoms with E-state index in [1.807, 2.05) is 0 Å². The van der Waals surface area contributed by atoms with E-state index in [0.29, 0.717) is 12.0 Å². The van der Waals surface area contributed by atoms with Gasteiger partial charge in [-0.1, -0.05) is 45.9 Å². The topological polar surface area (TPSA) is 15.3 Å². The van der Waals surface area contributed by atoms with Crippen LogP contribution in [-0.4, -0.2) is 36.1 Å². The molecule has 0 aromatic rings. The molecule has 1 rings (SSSR count). The monoisotopic (exact) mass is 258 g/mol. The van der Waals surface area contributed by atoms with Crippen LogP contribution >= 0.6 is 11.6 Å². The maximum absolute atomic E-state index is 6.00. The first kappa shape index (κ1) is 15.0. The lowest BCUT2D eigenvalue weighted by Gasteiger charge is -2.48. The maximum Gasteiger partial charge on any atom is 0.0340 e. The van der Waals surface area contributed by atoms with Gasteiger partial charge in [0.2, 0.25) is 0 Å². The van der Waals surface area contributed by atoms with Crippen LogP contribution in [0.25, 0.3) is 0 Å². The van der Waals surface area contributed by atoms with Crippen molar-refractivity contribution in [3.63, 3.8) is 0 Å². The predicted octanol–water partition coefficient (Wildman–Crippen LogP) is 3.23. The van der Waals surface area contributed by atoms with Gasteiger partial charge in [0.15, 0.2) is 0 Å². The third-order valence-electron chi connectivity index (χ3n) is 4.16. The van der Waals surface area contributed by atoms with Crippen molar-refractivity contribution in [2.45, 2.75) is 52.1 Å². The molecule has 1 aliphatic heterocycles. The first-order valence-corrected chi connectivity index (χ1v) is 7.14. The predicted molar refractivity (Wildman–Crippen MR) is 76.5 cm³/mol. The number of hydrogen-bond donors (Lipinski definition) is 1. The lowest BCUT2D eigenvalue weighted by atomic mass is 9.86. The standard InChI is InChI=1S/C14H27ClN2/c1-6-14(7-2)10-17(9-12(5)15)13(8-16-14)11(3)4/h11,13,16H,5-10H2,1-4H3. The zero-order valence-electron chi connectivity index (χ0n) is 11.7. The molecule has 0 aromatic carbocycles. The van der Waals surface area contributed by atoms with E-state index in [2.05, 4.69) is 44.5 Å². The maximum atomic E-state index is 6.00. The minimum atomic E-state index is 0.262. The Morgan fingerprint density at radius 2 is 2.06 bits per heavy atom. The highest BCUT2D eigenvalue weighted by molar-refractivity contribution is 6.29. The molecule has 100 valence electrons. The summed E-state index contributed by atoms with van der Waals surface area (Å²) in [5.74, 6) is 0.644. The summed E-state index contributed by atoms with van der Waals surface area (Å²) in [6.07, 6.45) is 2.33. The van der Waals surface area contributed by atoms with Crippen LogP contribution in [0.4, 0.5) is 0 Å². The zero-order chi connectivity index (χ0) is 13.1. The quantitative estimate of drug-likeness (QED) is 0.815. The fraction of sp³-hybridized carbons (Fsp3) is 0.857. The van der Waals surface area contributed by atoms with Crippen LogP contribution < -0.4 is 5.32 Å². The van der Waals surface area contributed by atoms with Crippen molar-refractivity contribution in [1.82, 2.24) is 10.2 Å². The summed E-state index contributed by atoms with van der Waals surface area (Å²) >= 11 is 6.00. The number of nitrogens with one attached hydrogen (secondary N) is 1. The van der Waals surface area contributed by atoms with E-state index in [4.69, 9.17) is 11.6 Å². The molecule has 1 fully saturated rings. The summed E-state index contributed by atoms with van der Waals surface area (Å²) in [4.78, 5) is 2.50. The van der Waals surface area contributed by atoms with Gasteiger partial charge in [-0.05, 0) is 18.8 Å². The molecule has 0 spiro atoms. The van der Waals surface area contributed by atoms with Crippen LogP contribution in [0.3, 0.4) is 0 Å². The second kappa shape index (κ2) is 6.21. The molecule has 1 atom stereocenters. The molecule has 3 heteroatoms. The van der Waals surface area contributed by atoms with Crippen molar-refractivity contribution < 1.29 is 0 Å².